The Morgan fingerprint density at radius 1 is 1.37 bits per heavy atom. The number of carbonyl (C=O) groups is 1. The lowest BCUT2D eigenvalue weighted by Gasteiger charge is -2.34. The van der Waals surface area contributed by atoms with Gasteiger partial charge in [-0.05, 0) is 18.4 Å². The second-order valence-corrected chi connectivity index (χ2v) is 7.58. The summed E-state index contributed by atoms with van der Waals surface area (Å²) in [4.78, 5) is 27.3. The van der Waals surface area contributed by atoms with Gasteiger partial charge < -0.3 is 19.5 Å². The maximum absolute atomic E-state index is 12.9. The van der Waals surface area contributed by atoms with Gasteiger partial charge in [-0.15, -0.1) is 11.3 Å². The normalized spacial score (nSPS) is 15.4. The van der Waals surface area contributed by atoms with E-state index in [9.17, 15) is 14.9 Å². The SMILES string of the molecule is CCOc1cc(C(=O)NCC(c2cccs2)N2CCOCC2)c([N+](=O)[O-])cc1OC. The van der Waals surface area contributed by atoms with Crippen molar-refractivity contribution in [3.8, 4) is 11.5 Å². The molecule has 1 aromatic heterocycles. The third-order valence-electron chi connectivity index (χ3n) is 4.84. The molecule has 1 aliphatic heterocycles. The molecule has 1 amide bonds. The second kappa shape index (κ2) is 10.4. The van der Waals surface area contributed by atoms with Crippen LogP contribution in [0.4, 0.5) is 5.69 Å². The van der Waals surface area contributed by atoms with Crippen molar-refractivity contribution in [1.29, 1.82) is 0 Å². The van der Waals surface area contributed by atoms with E-state index >= 15 is 0 Å². The predicted octanol–water partition coefficient (Wildman–Crippen LogP) is 2.87. The molecule has 10 heteroatoms. The molecule has 30 heavy (non-hydrogen) atoms. The molecule has 0 aliphatic carbocycles. The average Bonchev–Trinajstić information content (AvgIpc) is 3.29. The number of nitro benzene ring substituents is 1. The van der Waals surface area contributed by atoms with Crippen LogP contribution in [0.3, 0.4) is 0 Å². The van der Waals surface area contributed by atoms with Crippen LogP contribution in [0.1, 0.15) is 28.2 Å². The van der Waals surface area contributed by atoms with E-state index in [0.717, 1.165) is 18.0 Å². The molecular weight excluding hydrogens is 410 g/mol. The molecule has 1 unspecified atom stereocenters. The molecule has 1 atom stereocenters. The number of nitrogens with zero attached hydrogens (tertiary/aromatic N) is 2. The molecular formula is C20H25N3O6S. The van der Waals surface area contributed by atoms with Gasteiger partial charge in [0.15, 0.2) is 11.5 Å². The quantitative estimate of drug-likeness (QED) is 0.477. The molecule has 162 valence electrons. The Labute approximate surface area is 178 Å². The van der Waals surface area contributed by atoms with Gasteiger partial charge in [-0.2, -0.15) is 0 Å². The number of ether oxygens (including phenoxy) is 3. The van der Waals surface area contributed by atoms with Crippen LogP contribution >= 0.6 is 11.3 Å². The third kappa shape index (κ3) is 5.07. The van der Waals surface area contributed by atoms with Crippen LogP contribution in [0.25, 0.3) is 0 Å². The van der Waals surface area contributed by atoms with Crippen molar-refractivity contribution in [1.82, 2.24) is 10.2 Å². The number of benzene rings is 1. The zero-order valence-electron chi connectivity index (χ0n) is 17.0. The summed E-state index contributed by atoms with van der Waals surface area (Å²) in [7, 11) is 1.40. The average molecular weight is 436 g/mol. The van der Waals surface area contributed by atoms with E-state index in [-0.39, 0.29) is 23.0 Å². The molecule has 1 fully saturated rings. The molecule has 0 bridgehead atoms. The maximum Gasteiger partial charge on any atom is 0.286 e. The van der Waals surface area contributed by atoms with E-state index < -0.39 is 10.8 Å². The first kappa shape index (κ1) is 22.0. The first-order valence-electron chi connectivity index (χ1n) is 9.67. The van der Waals surface area contributed by atoms with Gasteiger partial charge in [0.1, 0.15) is 5.56 Å². The van der Waals surface area contributed by atoms with E-state index in [2.05, 4.69) is 10.2 Å². The molecule has 0 spiro atoms. The number of thiophene rings is 1. The number of carbonyl (C=O) groups excluding carboxylic acids is 1. The molecule has 1 aliphatic rings. The standard InChI is InChI=1S/C20H25N3O6S/c1-3-29-18-11-14(15(23(25)26)12-17(18)27-2)20(24)21-13-16(19-5-4-10-30-19)22-6-8-28-9-7-22/h4-5,10-12,16H,3,6-9,13H2,1-2H3,(H,21,24). The highest BCUT2D eigenvalue weighted by atomic mass is 32.1. The van der Waals surface area contributed by atoms with Crippen molar-refractivity contribution in [2.24, 2.45) is 0 Å². The van der Waals surface area contributed by atoms with Crippen LogP contribution in [-0.2, 0) is 4.74 Å². The van der Waals surface area contributed by atoms with Gasteiger partial charge in [-0.1, -0.05) is 6.07 Å². The lowest BCUT2D eigenvalue weighted by molar-refractivity contribution is -0.385. The lowest BCUT2D eigenvalue weighted by Crippen LogP contribution is -2.43. The fraction of sp³-hybridized carbons (Fsp3) is 0.450. The van der Waals surface area contributed by atoms with Crippen LogP contribution in [0, 0.1) is 10.1 Å². The van der Waals surface area contributed by atoms with Crippen LogP contribution in [0.2, 0.25) is 0 Å². The Morgan fingerprint density at radius 2 is 2.13 bits per heavy atom. The molecule has 0 saturated carbocycles. The molecule has 1 N–H and O–H groups in total. The van der Waals surface area contributed by atoms with Crippen LogP contribution in [-0.4, -0.2) is 62.3 Å². The first-order valence-corrected chi connectivity index (χ1v) is 10.6. The van der Waals surface area contributed by atoms with Gasteiger partial charge in [0.2, 0.25) is 0 Å². The summed E-state index contributed by atoms with van der Waals surface area (Å²) >= 11 is 1.62. The third-order valence-corrected chi connectivity index (χ3v) is 5.81. The monoisotopic (exact) mass is 435 g/mol. The molecule has 3 rings (SSSR count). The Bertz CT molecular complexity index is 868. The van der Waals surface area contributed by atoms with Crippen molar-refractivity contribution >= 4 is 22.9 Å². The molecule has 2 aromatic rings. The Hall–Kier alpha value is -2.69. The van der Waals surface area contributed by atoms with Crippen molar-refractivity contribution in [2.45, 2.75) is 13.0 Å². The predicted molar refractivity (Wildman–Crippen MR) is 113 cm³/mol. The molecule has 0 radical (unpaired) electrons. The van der Waals surface area contributed by atoms with E-state index in [1.807, 2.05) is 17.5 Å². The molecule has 9 nitrogen and oxygen atoms in total. The van der Waals surface area contributed by atoms with Crippen LogP contribution in [0.5, 0.6) is 11.5 Å². The number of morpholine rings is 1. The number of rotatable bonds is 9. The minimum Gasteiger partial charge on any atom is -0.493 e. The minimum absolute atomic E-state index is 0.0264. The maximum atomic E-state index is 12.9. The fourth-order valence-electron chi connectivity index (χ4n) is 3.37. The number of nitro groups is 1. The highest BCUT2D eigenvalue weighted by Gasteiger charge is 2.28. The number of amides is 1. The van der Waals surface area contributed by atoms with E-state index in [1.54, 1.807) is 18.3 Å². The van der Waals surface area contributed by atoms with Crippen molar-refractivity contribution < 1.29 is 23.9 Å². The number of methoxy groups -OCH3 is 1. The van der Waals surface area contributed by atoms with Gasteiger partial charge in [-0.3, -0.25) is 19.8 Å². The van der Waals surface area contributed by atoms with Crippen molar-refractivity contribution in [2.75, 3.05) is 46.6 Å². The van der Waals surface area contributed by atoms with Gasteiger partial charge in [0.05, 0.1) is 44.0 Å². The summed E-state index contributed by atoms with van der Waals surface area (Å²) in [6.45, 7) is 5.24. The summed E-state index contributed by atoms with van der Waals surface area (Å²) in [5, 5.41) is 16.4. The lowest BCUT2D eigenvalue weighted by atomic mass is 10.1. The summed E-state index contributed by atoms with van der Waals surface area (Å²) in [6, 6.07) is 6.56. The Balaban J connectivity index is 1.82. The van der Waals surface area contributed by atoms with E-state index in [0.29, 0.717) is 32.1 Å². The number of hydrogen-bond donors (Lipinski definition) is 1. The zero-order valence-corrected chi connectivity index (χ0v) is 17.8. The second-order valence-electron chi connectivity index (χ2n) is 6.60. The highest BCUT2D eigenvalue weighted by molar-refractivity contribution is 7.10. The summed E-state index contributed by atoms with van der Waals surface area (Å²) in [5.41, 5.74) is -0.386. The summed E-state index contributed by atoms with van der Waals surface area (Å²) in [5.74, 6) is -0.0243. The zero-order chi connectivity index (χ0) is 21.5. The van der Waals surface area contributed by atoms with Crippen molar-refractivity contribution in [3.05, 3.63) is 50.2 Å². The van der Waals surface area contributed by atoms with E-state index in [1.165, 1.54) is 19.2 Å². The number of nitrogens with one attached hydrogen (secondary N) is 1. The molecule has 1 aromatic carbocycles. The van der Waals surface area contributed by atoms with Crippen LogP contribution < -0.4 is 14.8 Å². The molecule has 1 saturated heterocycles. The largest absolute Gasteiger partial charge is 0.493 e. The van der Waals surface area contributed by atoms with Crippen molar-refractivity contribution in [3.63, 3.8) is 0 Å². The topological polar surface area (TPSA) is 103 Å². The summed E-state index contributed by atoms with van der Waals surface area (Å²) in [6.07, 6.45) is 0. The van der Waals surface area contributed by atoms with Gasteiger partial charge >= 0.3 is 0 Å². The van der Waals surface area contributed by atoms with Gasteiger partial charge in [0, 0.05) is 30.6 Å². The van der Waals surface area contributed by atoms with Gasteiger partial charge in [-0.25, -0.2) is 0 Å². The van der Waals surface area contributed by atoms with Crippen LogP contribution in [0.15, 0.2) is 29.6 Å². The first-order chi connectivity index (χ1) is 14.5. The fourth-order valence-corrected chi connectivity index (χ4v) is 4.24. The summed E-state index contributed by atoms with van der Waals surface area (Å²) < 4.78 is 16.1. The minimum atomic E-state index is -0.591. The molecule has 2 heterocycles. The van der Waals surface area contributed by atoms with E-state index in [4.69, 9.17) is 14.2 Å². The smallest absolute Gasteiger partial charge is 0.286 e. The number of hydrogen-bond acceptors (Lipinski definition) is 8. The van der Waals surface area contributed by atoms with Gasteiger partial charge in [0.25, 0.3) is 11.6 Å². The highest BCUT2D eigenvalue weighted by Crippen LogP contribution is 2.35. The Kier molecular flexibility index (Phi) is 7.61. The Morgan fingerprint density at radius 3 is 2.73 bits per heavy atom.